The molecule has 6 nitrogen and oxygen atoms in total. The second-order valence-electron chi connectivity index (χ2n) is 4.41. The third-order valence-electron chi connectivity index (χ3n) is 2.87. The van der Waals surface area contributed by atoms with Crippen molar-refractivity contribution in [3.63, 3.8) is 0 Å². The highest BCUT2D eigenvalue weighted by atomic mass is 35.5. The van der Waals surface area contributed by atoms with Crippen LogP contribution in [0.3, 0.4) is 0 Å². The quantitative estimate of drug-likeness (QED) is 0.855. The fourth-order valence-corrected chi connectivity index (χ4v) is 2.15. The van der Waals surface area contributed by atoms with Crippen molar-refractivity contribution in [2.75, 3.05) is 0 Å². The number of hydrogen-bond acceptors (Lipinski definition) is 4. The second-order valence-corrected chi connectivity index (χ2v) is 4.82. The summed E-state index contributed by atoms with van der Waals surface area (Å²) in [6.45, 7) is 1.29. The van der Waals surface area contributed by atoms with Gasteiger partial charge in [0.2, 0.25) is 0 Å². The van der Waals surface area contributed by atoms with Crippen LogP contribution in [-0.2, 0) is 7.05 Å². The van der Waals surface area contributed by atoms with Gasteiger partial charge in [-0.2, -0.15) is 28.4 Å². The first-order valence-corrected chi connectivity index (χ1v) is 5.81. The number of hydrogen-bond donors (Lipinski definition) is 1. The van der Waals surface area contributed by atoms with E-state index in [9.17, 15) is 23.1 Å². The SMILES string of the molecule is CC1=NN(C(=O)c2c(Cl)cnn2C)C(O)(C(F)(F)F)C1. The van der Waals surface area contributed by atoms with Gasteiger partial charge >= 0.3 is 6.18 Å². The summed E-state index contributed by atoms with van der Waals surface area (Å²) in [6.07, 6.45) is -4.74. The Bertz CT molecular complexity index is 578. The van der Waals surface area contributed by atoms with Gasteiger partial charge in [-0.05, 0) is 6.92 Å². The van der Waals surface area contributed by atoms with Gasteiger partial charge in [-0.1, -0.05) is 11.6 Å². The molecule has 0 saturated carbocycles. The largest absolute Gasteiger partial charge is 0.438 e. The molecule has 1 N–H and O–H groups in total. The van der Waals surface area contributed by atoms with Crippen LogP contribution in [0.15, 0.2) is 11.3 Å². The number of hydrazone groups is 1. The van der Waals surface area contributed by atoms with Crippen molar-refractivity contribution in [1.82, 2.24) is 14.8 Å². The van der Waals surface area contributed by atoms with Crippen LogP contribution in [0.2, 0.25) is 5.02 Å². The van der Waals surface area contributed by atoms with Gasteiger partial charge in [0.05, 0.1) is 11.2 Å². The molecule has 0 aromatic carbocycles. The molecule has 1 unspecified atom stereocenters. The lowest BCUT2D eigenvalue weighted by Gasteiger charge is -2.32. The summed E-state index contributed by atoms with van der Waals surface area (Å²) in [4.78, 5) is 12.2. The van der Waals surface area contributed by atoms with Gasteiger partial charge in [-0.15, -0.1) is 0 Å². The lowest BCUT2D eigenvalue weighted by Crippen LogP contribution is -2.56. The smallest absolute Gasteiger partial charge is 0.362 e. The van der Waals surface area contributed by atoms with Gasteiger partial charge < -0.3 is 5.11 Å². The lowest BCUT2D eigenvalue weighted by atomic mass is 10.1. The number of amides is 1. The number of alkyl halides is 3. The molecule has 20 heavy (non-hydrogen) atoms. The van der Waals surface area contributed by atoms with E-state index in [2.05, 4.69) is 10.2 Å². The maximum atomic E-state index is 13.0. The number of carbonyl (C=O) groups is 1. The van der Waals surface area contributed by atoms with Crippen molar-refractivity contribution in [1.29, 1.82) is 0 Å². The third-order valence-corrected chi connectivity index (χ3v) is 3.14. The van der Waals surface area contributed by atoms with E-state index >= 15 is 0 Å². The van der Waals surface area contributed by atoms with Crippen molar-refractivity contribution in [3.8, 4) is 0 Å². The van der Waals surface area contributed by atoms with E-state index in [1.165, 1.54) is 14.0 Å². The molecule has 1 amide bonds. The summed E-state index contributed by atoms with van der Waals surface area (Å²) in [5.41, 5.74) is -3.67. The molecule has 0 radical (unpaired) electrons. The standard InChI is InChI=1S/C10H10ClF3N4O2/c1-5-3-9(20,10(12,13)14)18(16-5)8(19)7-6(11)4-15-17(7)2/h4,20H,3H2,1-2H3. The van der Waals surface area contributed by atoms with Crippen LogP contribution in [-0.4, -0.2) is 43.4 Å². The summed E-state index contributed by atoms with van der Waals surface area (Å²) in [5.74, 6) is -1.17. The lowest BCUT2D eigenvalue weighted by molar-refractivity contribution is -0.297. The Morgan fingerprint density at radius 2 is 2.15 bits per heavy atom. The molecule has 1 aliphatic heterocycles. The van der Waals surface area contributed by atoms with E-state index in [0.29, 0.717) is 0 Å². The van der Waals surface area contributed by atoms with Crippen LogP contribution in [0.4, 0.5) is 13.2 Å². The van der Waals surface area contributed by atoms with Crippen molar-refractivity contribution < 1.29 is 23.1 Å². The zero-order chi connectivity index (χ0) is 15.3. The van der Waals surface area contributed by atoms with Crippen molar-refractivity contribution in [2.24, 2.45) is 12.1 Å². The first-order valence-electron chi connectivity index (χ1n) is 5.43. The van der Waals surface area contributed by atoms with Crippen LogP contribution >= 0.6 is 11.6 Å². The van der Waals surface area contributed by atoms with E-state index in [-0.39, 0.29) is 21.4 Å². The fraction of sp³-hybridized carbons (Fsp3) is 0.500. The Morgan fingerprint density at radius 3 is 2.60 bits per heavy atom. The number of rotatable bonds is 1. The Balaban J connectivity index is 2.48. The van der Waals surface area contributed by atoms with Gasteiger partial charge in [0, 0.05) is 19.2 Å². The molecule has 2 rings (SSSR count). The zero-order valence-corrected chi connectivity index (χ0v) is 11.2. The summed E-state index contributed by atoms with van der Waals surface area (Å²) in [7, 11) is 1.35. The number of carbonyl (C=O) groups excluding carboxylic acids is 1. The summed E-state index contributed by atoms with van der Waals surface area (Å²) < 4.78 is 40.0. The number of halogens is 4. The highest BCUT2D eigenvalue weighted by Gasteiger charge is 2.63. The first kappa shape index (κ1) is 14.8. The zero-order valence-electron chi connectivity index (χ0n) is 10.4. The van der Waals surface area contributed by atoms with Gasteiger partial charge in [0.1, 0.15) is 5.69 Å². The van der Waals surface area contributed by atoms with Crippen molar-refractivity contribution >= 4 is 23.2 Å². The number of aromatic nitrogens is 2. The average molecular weight is 311 g/mol. The minimum Gasteiger partial charge on any atom is -0.362 e. The predicted molar refractivity (Wildman–Crippen MR) is 63.1 cm³/mol. The summed E-state index contributed by atoms with van der Waals surface area (Å²) in [5, 5.41) is 16.8. The molecule has 1 aliphatic rings. The molecule has 0 aliphatic carbocycles. The van der Waals surface area contributed by atoms with E-state index in [1.54, 1.807) is 0 Å². The average Bonchev–Trinajstić information content (AvgIpc) is 2.79. The van der Waals surface area contributed by atoms with Crippen LogP contribution in [0.5, 0.6) is 0 Å². The van der Waals surface area contributed by atoms with Gasteiger partial charge in [0.15, 0.2) is 0 Å². The number of nitrogens with zero attached hydrogens (tertiary/aromatic N) is 4. The monoisotopic (exact) mass is 310 g/mol. The molecule has 1 aromatic heterocycles. The molecular formula is C10H10ClF3N4O2. The summed E-state index contributed by atoms with van der Waals surface area (Å²) in [6, 6.07) is 0. The normalized spacial score (nSPS) is 23.1. The van der Waals surface area contributed by atoms with E-state index in [4.69, 9.17) is 11.6 Å². The Labute approximate surface area is 116 Å². The van der Waals surface area contributed by atoms with E-state index in [0.717, 1.165) is 10.9 Å². The number of aryl methyl sites for hydroxylation is 1. The first-order chi connectivity index (χ1) is 9.08. The third kappa shape index (κ3) is 2.06. The Kier molecular flexibility index (Phi) is 3.29. The molecule has 1 atom stereocenters. The maximum Gasteiger partial charge on any atom is 0.438 e. The van der Waals surface area contributed by atoms with E-state index < -0.39 is 24.2 Å². The van der Waals surface area contributed by atoms with Gasteiger partial charge in [-0.25, -0.2) is 0 Å². The minimum absolute atomic E-state index is 0.00519. The molecule has 1 aromatic rings. The topological polar surface area (TPSA) is 70.7 Å². The van der Waals surface area contributed by atoms with Crippen LogP contribution in [0, 0.1) is 0 Å². The maximum absolute atomic E-state index is 13.0. The number of aliphatic hydroxyl groups is 1. The molecule has 10 heteroatoms. The predicted octanol–water partition coefficient (Wildman–Crippen LogP) is 1.55. The molecule has 0 fully saturated rings. The minimum atomic E-state index is -5.05. The Hall–Kier alpha value is -1.61. The van der Waals surface area contributed by atoms with Crippen molar-refractivity contribution in [3.05, 3.63) is 16.9 Å². The molecule has 0 saturated heterocycles. The van der Waals surface area contributed by atoms with Crippen LogP contribution in [0.25, 0.3) is 0 Å². The summed E-state index contributed by atoms with van der Waals surface area (Å²) >= 11 is 5.72. The second kappa shape index (κ2) is 4.45. The highest BCUT2D eigenvalue weighted by Crippen LogP contribution is 2.41. The van der Waals surface area contributed by atoms with Crippen molar-refractivity contribution in [2.45, 2.75) is 25.2 Å². The Morgan fingerprint density at radius 1 is 1.55 bits per heavy atom. The van der Waals surface area contributed by atoms with Crippen LogP contribution in [0.1, 0.15) is 23.8 Å². The van der Waals surface area contributed by atoms with Crippen LogP contribution < -0.4 is 0 Å². The van der Waals surface area contributed by atoms with E-state index in [1.807, 2.05) is 0 Å². The molecule has 110 valence electrons. The van der Waals surface area contributed by atoms with Gasteiger partial charge in [-0.3, -0.25) is 9.48 Å². The highest BCUT2D eigenvalue weighted by molar-refractivity contribution is 6.33. The molecule has 0 bridgehead atoms. The fourth-order valence-electron chi connectivity index (χ4n) is 1.91. The molecule has 0 spiro atoms. The molecule has 2 heterocycles. The van der Waals surface area contributed by atoms with Gasteiger partial charge in [0.25, 0.3) is 11.6 Å². The molecular weight excluding hydrogens is 301 g/mol.